The maximum absolute atomic E-state index is 12.8. The molecule has 2 aromatic carbocycles. The van der Waals surface area contributed by atoms with Crippen molar-refractivity contribution in [1.82, 2.24) is 0 Å². The first-order valence-corrected chi connectivity index (χ1v) is 6.94. The Bertz CT molecular complexity index is 634. The molecule has 0 saturated heterocycles. The Kier molecular flexibility index (Phi) is 3.18. The monoisotopic (exact) mass is 266 g/mol. The first kappa shape index (κ1) is 12.7. The molecule has 0 radical (unpaired) electrons. The van der Waals surface area contributed by atoms with Crippen LogP contribution >= 0.6 is 0 Å². The number of hydrogen-bond donors (Lipinski definition) is 1. The predicted molar refractivity (Wildman–Crippen MR) is 81.9 cm³/mol. The number of amides is 1. The van der Waals surface area contributed by atoms with E-state index >= 15 is 0 Å². The molecule has 0 fully saturated rings. The van der Waals surface area contributed by atoms with Crippen molar-refractivity contribution in [3.63, 3.8) is 0 Å². The maximum Gasteiger partial charge on any atom is 0.258 e. The second-order valence-corrected chi connectivity index (χ2v) is 5.31. The highest BCUT2D eigenvalue weighted by Gasteiger charge is 2.28. The molecule has 3 nitrogen and oxygen atoms in total. The van der Waals surface area contributed by atoms with Gasteiger partial charge in [0, 0.05) is 23.0 Å². The van der Waals surface area contributed by atoms with Gasteiger partial charge in [-0.3, -0.25) is 4.79 Å². The number of para-hydroxylation sites is 1. The van der Waals surface area contributed by atoms with E-state index in [9.17, 15) is 4.79 Å². The third-order valence-electron chi connectivity index (χ3n) is 3.90. The van der Waals surface area contributed by atoms with E-state index in [2.05, 4.69) is 13.0 Å². The number of rotatable bonds is 1. The van der Waals surface area contributed by atoms with E-state index < -0.39 is 0 Å². The van der Waals surface area contributed by atoms with E-state index in [1.165, 1.54) is 5.56 Å². The Morgan fingerprint density at radius 3 is 2.60 bits per heavy atom. The van der Waals surface area contributed by atoms with Crippen LogP contribution in [0.4, 0.5) is 11.4 Å². The zero-order valence-electron chi connectivity index (χ0n) is 11.5. The molecule has 1 unspecified atom stereocenters. The number of nitrogens with two attached hydrogens (primary N) is 1. The molecule has 0 spiro atoms. The van der Waals surface area contributed by atoms with Crippen molar-refractivity contribution in [3.05, 3.63) is 59.7 Å². The number of carbonyl (C=O) groups excluding carboxylic acids is 1. The van der Waals surface area contributed by atoms with E-state index in [-0.39, 0.29) is 11.9 Å². The topological polar surface area (TPSA) is 46.3 Å². The van der Waals surface area contributed by atoms with Crippen molar-refractivity contribution in [2.45, 2.75) is 25.8 Å². The van der Waals surface area contributed by atoms with Crippen LogP contribution in [0.15, 0.2) is 48.5 Å². The summed E-state index contributed by atoms with van der Waals surface area (Å²) in [5.74, 6) is 0.0460. The Morgan fingerprint density at radius 1 is 1.15 bits per heavy atom. The summed E-state index contributed by atoms with van der Waals surface area (Å²) in [4.78, 5) is 14.7. The van der Waals surface area contributed by atoms with Gasteiger partial charge in [0.15, 0.2) is 0 Å². The van der Waals surface area contributed by atoms with Gasteiger partial charge in [-0.2, -0.15) is 0 Å². The number of aryl methyl sites for hydroxylation is 1. The van der Waals surface area contributed by atoms with Crippen LogP contribution in [-0.4, -0.2) is 11.9 Å². The molecule has 3 heteroatoms. The molecule has 0 aliphatic carbocycles. The number of anilines is 2. The molecule has 0 saturated carbocycles. The summed E-state index contributed by atoms with van der Waals surface area (Å²) >= 11 is 0. The molecule has 2 aromatic rings. The second kappa shape index (κ2) is 5.00. The maximum atomic E-state index is 12.8. The van der Waals surface area contributed by atoms with Gasteiger partial charge in [-0.05, 0) is 55.7 Å². The summed E-state index contributed by atoms with van der Waals surface area (Å²) in [6, 6.07) is 15.5. The molecule has 1 aliphatic rings. The van der Waals surface area contributed by atoms with Gasteiger partial charge >= 0.3 is 0 Å². The minimum absolute atomic E-state index is 0.0460. The number of hydrogen-bond acceptors (Lipinski definition) is 2. The number of benzene rings is 2. The highest BCUT2D eigenvalue weighted by molar-refractivity contribution is 6.07. The van der Waals surface area contributed by atoms with Gasteiger partial charge in [0.05, 0.1) is 0 Å². The lowest BCUT2D eigenvalue weighted by Crippen LogP contribution is -2.42. The zero-order valence-corrected chi connectivity index (χ0v) is 11.5. The van der Waals surface area contributed by atoms with Crippen LogP contribution in [0.3, 0.4) is 0 Å². The molecule has 1 heterocycles. The fourth-order valence-corrected chi connectivity index (χ4v) is 2.76. The third-order valence-corrected chi connectivity index (χ3v) is 3.90. The second-order valence-electron chi connectivity index (χ2n) is 5.31. The standard InChI is InChI=1S/C17H18N2O/c1-12-6-7-13-4-2-3-5-16(13)19(12)17(20)14-8-10-15(18)11-9-14/h2-5,8-12H,6-7,18H2,1H3. The van der Waals surface area contributed by atoms with Crippen molar-refractivity contribution < 1.29 is 4.79 Å². The summed E-state index contributed by atoms with van der Waals surface area (Å²) in [5, 5.41) is 0. The summed E-state index contributed by atoms with van der Waals surface area (Å²) in [7, 11) is 0. The average Bonchev–Trinajstić information content (AvgIpc) is 2.47. The quantitative estimate of drug-likeness (QED) is 0.805. The van der Waals surface area contributed by atoms with Gasteiger partial charge in [-0.1, -0.05) is 18.2 Å². The van der Waals surface area contributed by atoms with Crippen molar-refractivity contribution in [2.75, 3.05) is 10.6 Å². The Morgan fingerprint density at radius 2 is 1.85 bits per heavy atom. The van der Waals surface area contributed by atoms with Crippen LogP contribution in [-0.2, 0) is 6.42 Å². The van der Waals surface area contributed by atoms with Gasteiger partial charge in [0.25, 0.3) is 5.91 Å². The molecule has 20 heavy (non-hydrogen) atoms. The van der Waals surface area contributed by atoms with Crippen molar-refractivity contribution in [1.29, 1.82) is 0 Å². The normalized spacial score (nSPS) is 17.6. The number of nitrogen functional groups attached to an aromatic ring is 1. The predicted octanol–water partition coefficient (Wildman–Crippen LogP) is 3.25. The lowest BCUT2D eigenvalue weighted by atomic mass is 9.96. The molecule has 2 N–H and O–H groups in total. The fourth-order valence-electron chi connectivity index (χ4n) is 2.76. The molecule has 0 bridgehead atoms. The molecular formula is C17H18N2O. The van der Waals surface area contributed by atoms with Gasteiger partial charge in [0.1, 0.15) is 0 Å². The molecular weight excluding hydrogens is 248 g/mol. The van der Waals surface area contributed by atoms with E-state index in [1.54, 1.807) is 24.3 Å². The van der Waals surface area contributed by atoms with Crippen LogP contribution in [0.5, 0.6) is 0 Å². The van der Waals surface area contributed by atoms with Crippen molar-refractivity contribution in [2.24, 2.45) is 0 Å². The zero-order chi connectivity index (χ0) is 14.1. The minimum atomic E-state index is 0.0460. The van der Waals surface area contributed by atoms with E-state index in [0.717, 1.165) is 18.5 Å². The summed E-state index contributed by atoms with van der Waals surface area (Å²) in [6.07, 6.45) is 2.03. The summed E-state index contributed by atoms with van der Waals surface area (Å²) in [6.45, 7) is 2.10. The average molecular weight is 266 g/mol. The van der Waals surface area contributed by atoms with Crippen molar-refractivity contribution >= 4 is 17.3 Å². The number of carbonyl (C=O) groups is 1. The molecule has 102 valence electrons. The van der Waals surface area contributed by atoms with Crippen LogP contribution in [0.25, 0.3) is 0 Å². The third kappa shape index (κ3) is 2.16. The van der Waals surface area contributed by atoms with Gasteiger partial charge in [-0.15, -0.1) is 0 Å². The van der Waals surface area contributed by atoms with Gasteiger partial charge < -0.3 is 10.6 Å². The van der Waals surface area contributed by atoms with E-state index in [1.807, 2.05) is 23.1 Å². The first-order chi connectivity index (χ1) is 9.66. The molecule has 0 aromatic heterocycles. The Hall–Kier alpha value is -2.29. The van der Waals surface area contributed by atoms with E-state index in [0.29, 0.717) is 11.3 Å². The first-order valence-electron chi connectivity index (χ1n) is 6.94. The minimum Gasteiger partial charge on any atom is -0.399 e. The van der Waals surface area contributed by atoms with Crippen LogP contribution in [0, 0.1) is 0 Å². The van der Waals surface area contributed by atoms with Crippen molar-refractivity contribution in [3.8, 4) is 0 Å². The van der Waals surface area contributed by atoms with E-state index in [4.69, 9.17) is 5.73 Å². The Labute approximate surface area is 119 Å². The lowest BCUT2D eigenvalue weighted by Gasteiger charge is -2.35. The smallest absolute Gasteiger partial charge is 0.258 e. The van der Waals surface area contributed by atoms with Crippen LogP contribution in [0.2, 0.25) is 0 Å². The molecule has 1 aliphatic heterocycles. The van der Waals surface area contributed by atoms with Crippen LogP contribution < -0.4 is 10.6 Å². The summed E-state index contributed by atoms with van der Waals surface area (Å²) < 4.78 is 0. The molecule has 1 amide bonds. The largest absolute Gasteiger partial charge is 0.399 e. The SMILES string of the molecule is CC1CCc2ccccc2N1C(=O)c1ccc(N)cc1. The number of nitrogens with zero attached hydrogens (tertiary/aromatic N) is 1. The highest BCUT2D eigenvalue weighted by Crippen LogP contribution is 2.31. The van der Waals surface area contributed by atoms with Gasteiger partial charge in [-0.25, -0.2) is 0 Å². The number of fused-ring (bicyclic) bond motifs is 1. The fraction of sp³-hybridized carbons (Fsp3) is 0.235. The molecule has 3 rings (SSSR count). The lowest BCUT2D eigenvalue weighted by molar-refractivity contribution is 0.0975. The highest BCUT2D eigenvalue weighted by atomic mass is 16.2. The van der Waals surface area contributed by atoms with Crippen LogP contribution in [0.1, 0.15) is 29.3 Å². The molecule has 1 atom stereocenters. The van der Waals surface area contributed by atoms with Gasteiger partial charge in [0.2, 0.25) is 0 Å². The Balaban J connectivity index is 2.00. The summed E-state index contributed by atoms with van der Waals surface area (Å²) in [5.41, 5.74) is 9.32.